The van der Waals surface area contributed by atoms with Crippen LogP contribution in [0.3, 0.4) is 0 Å². The highest BCUT2D eigenvalue weighted by molar-refractivity contribution is 9.10. The van der Waals surface area contributed by atoms with Crippen LogP contribution in [0.4, 0.5) is 0 Å². The zero-order chi connectivity index (χ0) is 13.1. The molecular weight excluding hydrogens is 324 g/mol. The highest BCUT2D eigenvalue weighted by Gasteiger charge is 2.24. The topological polar surface area (TPSA) is 40.6 Å². The Morgan fingerprint density at radius 1 is 1.29 bits per heavy atom. The number of nitrogens with zero attached hydrogens (tertiary/aromatic N) is 2. The average molecular weight is 341 g/mol. The van der Waals surface area contributed by atoms with E-state index in [9.17, 15) is 8.42 Å². The quantitative estimate of drug-likeness (QED) is 0.796. The molecule has 0 atom stereocenters. The second-order valence-corrected chi connectivity index (χ2v) is 8.05. The maximum absolute atomic E-state index is 12.2. The molecule has 1 rings (SSSR count). The molecule has 1 aromatic heterocycles. The third kappa shape index (κ3) is 4.03. The summed E-state index contributed by atoms with van der Waals surface area (Å²) in [5.41, 5.74) is 0. The molecule has 1 heterocycles. The van der Waals surface area contributed by atoms with Gasteiger partial charge in [-0.3, -0.25) is 0 Å². The van der Waals surface area contributed by atoms with Crippen molar-refractivity contribution in [1.29, 1.82) is 0 Å². The first kappa shape index (κ1) is 15.1. The summed E-state index contributed by atoms with van der Waals surface area (Å²) in [6, 6.07) is 1.76. The summed E-state index contributed by atoms with van der Waals surface area (Å²) in [5, 5.41) is 1.77. The summed E-state index contributed by atoms with van der Waals surface area (Å²) in [4.78, 5) is 2.04. The molecule has 0 aliphatic rings. The van der Waals surface area contributed by atoms with Gasteiger partial charge in [-0.1, -0.05) is 0 Å². The maximum atomic E-state index is 12.2. The van der Waals surface area contributed by atoms with Gasteiger partial charge in [0.05, 0.1) is 0 Å². The summed E-state index contributed by atoms with van der Waals surface area (Å²) in [6.45, 7) is 1.41. The molecule has 0 aliphatic heterocycles. The number of hydrogen-bond acceptors (Lipinski definition) is 4. The highest BCUT2D eigenvalue weighted by Crippen LogP contribution is 2.29. The number of sulfonamides is 1. The van der Waals surface area contributed by atoms with Crippen LogP contribution in [0.2, 0.25) is 0 Å². The lowest BCUT2D eigenvalue weighted by atomic mass is 10.4. The predicted octanol–water partition coefficient (Wildman–Crippen LogP) is 2.08. The van der Waals surface area contributed by atoms with E-state index in [2.05, 4.69) is 15.9 Å². The fraction of sp³-hybridized carbons (Fsp3) is 0.600. The first-order valence-electron chi connectivity index (χ1n) is 5.19. The van der Waals surface area contributed by atoms with Crippen molar-refractivity contribution in [2.45, 2.75) is 10.6 Å². The van der Waals surface area contributed by atoms with Gasteiger partial charge in [-0.25, -0.2) is 12.7 Å². The van der Waals surface area contributed by atoms with E-state index in [0.717, 1.165) is 13.0 Å². The first-order valence-corrected chi connectivity index (χ1v) is 8.31. The van der Waals surface area contributed by atoms with E-state index < -0.39 is 10.0 Å². The maximum Gasteiger partial charge on any atom is 0.253 e. The van der Waals surface area contributed by atoms with Gasteiger partial charge in [0.2, 0.25) is 0 Å². The predicted molar refractivity (Wildman–Crippen MR) is 75.0 cm³/mol. The van der Waals surface area contributed by atoms with Crippen LogP contribution < -0.4 is 0 Å². The summed E-state index contributed by atoms with van der Waals surface area (Å²) >= 11 is 4.50. The van der Waals surface area contributed by atoms with Crippen molar-refractivity contribution in [2.24, 2.45) is 0 Å². The molecule has 0 fully saturated rings. The Balaban J connectivity index is 2.68. The van der Waals surface area contributed by atoms with Gasteiger partial charge in [-0.2, -0.15) is 0 Å². The summed E-state index contributed by atoms with van der Waals surface area (Å²) in [7, 11) is 2.24. The molecule has 0 radical (unpaired) electrons. The molecule has 0 amide bonds. The largest absolute Gasteiger partial charge is 0.309 e. The molecule has 0 spiro atoms. The molecular formula is C10H17BrN2O2S2. The van der Waals surface area contributed by atoms with Crippen LogP contribution in [0.25, 0.3) is 0 Å². The van der Waals surface area contributed by atoms with Gasteiger partial charge in [0.1, 0.15) is 4.21 Å². The summed E-state index contributed by atoms with van der Waals surface area (Å²) < 4.78 is 26.8. The molecule has 7 heteroatoms. The molecule has 4 nitrogen and oxygen atoms in total. The van der Waals surface area contributed by atoms with Gasteiger partial charge in [0.15, 0.2) is 0 Å². The van der Waals surface area contributed by atoms with Crippen LogP contribution in [0.15, 0.2) is 20.1 Å². The van der Waals surface area contributed by atoms with E-state index in [1.54, 1.807) is 18.5 Å². The van der Waals surface area contributed by atoms with Gasteiger partial charge in [-0.05, 0) is 54.4 Å². The minimum absolute atomic E-state index is 0.379. The Morgan fingerprint density at radius 2 is 1.94 bits per heavy atom. The average Bonchev–Trinajstić information content (AvgIpc) is 2.64. The van der Waals surface area contributed by atoms with Crippen LogP contribution in [-0.4, -0.2) is 51.9 Å². The minimum Gasteiger partial charge on any atom is -0.309 e. The van der Waals surface area contributed by atoms with Crippen molar-refractivity contribution >= 4 is 37.3 Å². The number of halogens is 1. The molecule has 1 aromatic rings. The Kier molecular flexibility index (Phi) is 5.59. The SMILES string of the molecule is CN(C)CCCN(C)S(=O)(=O)c1sccc1Br. The molecule has 0 aromatic carbocycles. The smallest absolute Gasteiger partial charge is 0.253 e. The van der Waals surface area contributed by atoms with Gasteiger partial charge >= 0.3 is 0 Å². The summed E-state index contributed by atoms with van der Waals surface area (Å²) in [6.07, 6.45) is 0.825. The Bertz CT molecular complexity index is 457. The van der Waals surface area contributed by atoms with Crippen LogP contribution >= 0.6 is 27.3 Å². The highest BCUT2D eigenvalue weighted by atomic mass is 79.9. The fourth-order valence-corrected chi connectivity index (χ4v) is 5.05. The van der Waals surface area contributed by atoms with Gasteiger partial charge in [-0.15, -0.1) is 11.3 Å². The minimum atomic E-state index is -3.34. The second-order valence-electron chi connectivity index (χ2n) is 4.04. The number of hydrogen-bond donors (Lipinski definition) is 0. The van der Waals surface area contributed by atoms with E-state index in [1.165, 1.54) is 15.6 Å². The van der Waals surface area contributed by atoms with Crippen molar-refractivity contribution < 1.29 is 8.42 Å². The Morgan fingerprint density at radius 3 is 2.41 bits per heavy atom. The lowest BCUT2D eigenvalue weighted by Gasteiger charge is -2.17. The van der Waals surface area contributed by atoms with Gasteiger partial charge in [0, 0.05) is 18.1 Å². The van der Waals surface area contributed by atoms with Crippen LogP contribution in [0.5, 0.6) is 0 Å². The van der Waals surface area contributed by atoms with E-state index >= 15 is 0 Å². The normalized spacial score (nSPS) is 12.6. The molecule has 17 heavy (non-hydrogen) atoms. The van der Waals surface area contributed by atoms with Crippen molar-refractivity contribution in [3.8, 4) is 0 Å². The van der Waals surface area contributed by atoms with Crippen molar-refractivity contribution in [2.75, 3.05) is 34.2 Å². The molecule has 0 unspecified atom stereocenters. The fourth-order valence-electron chi connectivity index (χ4n) is 1.34. The third-order valence-electron chi connectivity index (χ3n) is 2.31. The lowest BCUT2D eigenvalue weighted by molar-refractivity contribution is 0.370. The molecule has 0 saturated heterocycles. The van der Waals surface area contributed by atoms with Crippen molar-refractivity contribution in [1.82, 2.24) is 9.21 Å². The van der Waals surface area contributed by atoms with Crippen LogP contribution in [-0.2, 0) is 10.0 Å². The zero-order valence-electron chi connectivity index (χ0n) is 10.2. The molecule has 0 N–H and O–H groups in total. The van der Waals surface area contributed by atoms with E-state index in [1.807, 2.05) is 19.0 Å². The van der Waals surface area contributed by atoms with Crippen LogP contribution in [0, 0.1) is 0 Å². The van der Waals surface area contributed by atoms with Crippen LogP contribution in [0.1, 0.15) is 6.42 Å². The molecule has 0 bridgehead atoms. The number of thiophene rings is 1. The molecule has 98 valence electrons. The van der Waals surface area contributed by atoms with E-state index in [4.69, 9.17) is 0 Å². The standard InChI is InChI=1S/C10H17BrN2O2S2/c1-12(2)6-4-7-13(3)17(14,15)10-9(11)5-8-16-10/h5,8H,4,6-7H2,1-3H3. The van der Waals surface area contributed by atoms with Crippen molar-refractivity contribution in [3.05, 3.63) is 15.9 Å². The monoisotopic (exact) mass is 340 g/mol. The first-order chi connectivity index (χ1) is 7.85. The second kappa shape index (κ2) is 6.29. The Hall–Kier alpha value is 0.0500. The van der Waals surface area contributed by atoms with Crippen molar-refractivity contribution in [3.63, 3.8) is 0 Å². The van der Waals surface area contributed by atoms with E-state index in [-0.39, 0.29) is 0 Å². The number of rotatable bonds is 6. The third-order valence-corrected chi connectivity index (χ3v) is 6.81. The van der Waals surface area contributed by atoms with E-state index in [0.29, 0.717) is 15.2 Å². The van der Waals surface area contributed by atoms with Gasteiger partial charge < -0.3 is 4.90 Å². The zero-order valence-corrected chi connectivity index (χ0v) is 13.4. The molecule has 0 aliphatic carbocycles. The van der Waals surface area contributed by atoms with Gasteiger partial charge in [0.25, 0.3) is 10.0 Å². The molecule has 0 saturated carbocycles. The summed E-state index contributed by atoms with van der Waals surface area (Å²) in [5.74, 6) is 0. The Labute approximate surface area is 115 Å². The lowest BCUT2D eigenvalue weighted by Crippen LogP contribution is -2.29.